The first-order valence-corrected chi connectivity index (χ1v) is 3.86. The molecule has 4 heteroatoms. The van der Waals surface area contributed by atoms with E-state index in [9.17, 15) is 4.39 Å². The summed E-state index contributed by atoms with van der Waals surface area (Å²) < 4.78 is 12.7. The molecule has 0 aliphatic heterocycles. The Bertz CT molecular complexity index is 72.1. The van der Waals surface area contributed by atoms with Crippen LogP contribution in [0.1, 0.15) is 19.8 Å². The fourth-order valence-corrected chi connectivity index (χ4v) is 0.886. The third kappa shape index (κ3) is 4.04. The highest BCUT2D eigenvalue weighted by Crippen LogP contribution is 2.09. The van der Waals surface area contributed by atoms with E-state index in [-0.39, 0.29) is 0 Å². The third-order valence-electron chi connectivity index (χ3n) is 1.16. The summed E-state index contributed by atoms with van der Waals surface area (Å²) >= 11 is 5.56. The van der Waals surface area contributed by atoms with Crippen molar-refractivity contribution in [1.82, 2.24) is 10.9 Å². The molecule has 0 aromatic heterocycles. The predicted molar refractivity (Wildman–Crippen MR) is 41.6 cm³/mol. The molecule has 0 spiro atoms. The summed E-state index contributed by atoms with van der Waals surface area (Å²) in [6, 6.07) is 0. The van der Waals surface area contributed by atoms with Crippen molar-refractivity contribution in [2.24, 2.45) is 0 Å². The van der Waals surface area contributed by atoms with Crippen LogP contribution in [0.15, 0.2) is 0 Å². The minimum Gasteiger partial charge on any atom is -0.259 e. The van der Waals surface area contributed by atoms with E-state index >= 15 is 0 Å². The van der Waals surface area contributed by atoms with Crippen molar-refractivity contribution in [2.45, 2.75) is 31.4 Å². The zero-order chi connectivity index (χ0) is 7.98. The van der Waals surface area contributed by atoms with Gasteiger partial charge < -0.3 is 0 Å². The van der Waals surface area contributed by atoms with Gasteiger partial charge in [0.2, 0.25) is 0 Å². The van der Waals surface area contributed by atoms with Crippen LogP contribution < -0.4 is 10.9 Å². The molecule has 0 aromatic carbocycles. The summed E-state index contributed by atoms with van der Waals surface area (Å²) in [5, 5.41) is 0. The van der Waals surface area contributed by atoms with E-state index in [4.69, 9.17) is 11.6 Å². The summed E-state index contributed by atoms with van der Waals surface area (Å²) in [7, 11) is 1.66. The van der Waals surface area contributed by atoms with Gasteiger partial charge in [-0.2, -0.15) is 0 Å². The van der Waals surface area contributed by atoms with Crippen LogP contribution in [0.3, 0.4) is 0 Å². The van der Waals surface area contributed by atoms with Crippen LogP contribution in [0, 0.1) is 0 Å². The number of hydrogen-bond acceptors (Lipinski definition) is 2. The van der Waals surface area contributed by atoms with E-state index in [1.54, 1.807) is 7.05 Å². The van der Waals surface area contributed by atoms with E-state index in [1.807, 2.05) is 6.92 Å². The zero-order valence-corrected chi connectivity index (χ0v) is 7.08. The van der Waals surface area contributed by atoms with Crippen LogP contribution in [-0.4, -0.2) is 18.7 Å². The van der Waals surface area contributed by atoms with Crippen molar-refractivity contribution < 1.29 is 4.39 Å². The molecular weight excluding hydrogens is 155 g/mol. The van der Waals surface area contributed by atoms with Crippen molar-refractivity contribution in [1.29, 1.82) is 0 Å². The van der Waals surface area contributed by atoms with Crippen LogP contribution in [0.25, 0.3) is 0 Å². The second kappa shape index (κ2) is 5.89. The van der Waals surface area contributed by atoms with Gasteiger partial charge in [0.05, 0.1) is 0 Å². The molecule has 62 valence electrons. The highest BCUT2D eigenvalue weighted by molar-refractivity contribution is 6.20. The standard InChI is InChI=1S/C6H14ClFN2/c1-3-4-5(8)6(7)10-9-2/h5-6,9-10H,3-4H2,1-2H3/t5?,6-/m1/s1. The molecule has 0 aromatic rings. The molecule has 10 heavy (non-hydrogen) atoms. The molecule has 0 heterocycles. The maximum absolute atomic E-state index is 12.7. The topological polar surface area (TPSA) is 24.1 Å². The fraction of sp³-hybridized carbons (Fsp3) is 1.00. The Balaban J connectivity index is 3.38. The van der Waals surface area contributed by atoms with Crippen LogP contribution in [0.2, 0.25) is 0 Å². The van der Waals surface area contributed by atoms with E-state index in [2.05, 4.69) is 10.9 Å². The van der Waals surface area contributed by atoms with E-state index in [0.29, 0.717) is 6.42 Å². The number of alkyl halides is 2. The summed E-state index contributed by atoms with van der Waals surface area (Å²) in [5.74, 6) is 0. The van der Waals surface area contributed by atoms with Gasteiger partial charge in [-0.3, -0.25) is 5.43 Å². The lowest BCUT2D eigenvalue weighted by molar-refractivity contribution is 0.269. The molecule has 0 saturated heterocycles. The number of hydrogen-bond donors (Lipinski definition) is 2. The molecule has 0 aliphatic carbocycles. The van der Waals surface area contributed by atoms with Crippen LogP contribution in [0.5, 0.6) is 0 Å². The average Bonchev–Trinajstić information content (AvgIpc) is 1.89. The molecule has 1 unspecified atom stereocenters. The molecule has 2 nitrogen and oxygen atoms in total. The monoisotopic (exact) mass is 168 g/mol. The van der Waals surface area contributed by atoms with E-state index in [0.717, 1.165) is 6.42 Å². The lowest BCUT2D eigenvalue weighted by Gasteiger charge is -2.14. The molecule has 0 fully saturated rings. The van der Waals surface area contributed by atoms with Gasteiger partial charge in [-0.05, 0) is 13.5 Å². The Morgan fingerprint density at radius 1 is 1.60 bits per heavy atom. The molecule has 0 radical (unpaired) electrons. The van der Waals surface area contributed by atoms with Crippen molar-refractivity contribution in [3.05, 3.63) is 0 Å². The van der Waals surface area contributed by atoms with Crippen molar-refractivity contribution >= 4 is 11.6 Å². The fourth-order valence-electron chi connectivity index (χ4n) is 0.650. The Kier molecular flexibility index (Phi) is 5.97. The van der Waals surface area contributed by atoms with Crippen molar-refractivity contribution in [3.63, 3.8) is 0 Å². The molecule has 0 rings (SSSR count). The predicted octanol–water partition coefficient (Wildman–Crippen LogP) is 1.41. The van der Waals surface area contributed by atoms with Crippen molar-refractivity contribution in [3.8, 4) is 0 Å². The zero-order valence-electron chi connectivity index (χ0n) is 6.32. The quantitative estimate of drug-likeness (QED) is 0.369. The molecule has 0 aliphatic rings. The van der Waals surface area contributed by atoms with Gasteiger partial charge in [0.15, 0.2) is 0 Å². The first-order valence-electron chi connectivity index (χ1n) is 3.42. The maximum atomic E-state index is 12.7. The minimum atomic E-state index is -0.973. The Morgan fingerprint density at radius 3 is 2.60 bits per heavy atom. The highest BCUT2D eigenvalue weighted by Gasteiger charge is 2.15. The first-order chi connectivity index (χ1) is 4.72. The Hall–Kier alpha value is 0.140. The minimum absolute atomic E-state index is 0.503. The Morgan fingerprint density at radius 2 is 2.20 bits per heavy atom. The van der Waals surface area contributed by atoms with Crippen molar-refractivity contribution in [2.75, 3.05) is 7.05 Å². The number of hydrazine groups is 1. The number of halogens is 2. The Labute approximate surface area is 66.1 Å². The number of nitrogens with one attached hydrogen (secondary N) is 2. The lowest BCUT2D eigenvalue weighted by Crippen LogP contribution is -2.40. The molecule has 2 N–H and O–H groups in total. The summed E-state index contributed by atoms with van der Waals surface area (Å²) in [5.41, 5.74) is 4.53. The average molecular weight is 169 g/mol. The van der Waals surface area contributed by atoms with E-state index < -0.39 is 11.7 Å². The lowest BCUT2D eigenvalue weighted by atomic mass is 10.2. The molecular formula is C6H14ClFN2. The van der Waals surface area contributed by atoms with Gasteiger partial charge in [-0.25, -0.2) is 9.82 Å². The van der Waals surface area contributed by atoms with Gasteiger partial charge in [0.1, 0.15) is 11.7 Å². The largest absolute Gasteiger partial charge is 0.259 e. The summed E-state index contributed by atoms with van der Waals surface area (Å²) in [6.07, 6.45) is 0.345. The highest BCUT2D eigenvalue weighted by atomic mass is 35.5. The third-order valence-corrected chi connectivity index (χ3v) is 1.55. The smallest absolute Gasteiger partial charge is 0.130 e. The van der Waals surface area contributed by atoms with Gasteiger partial charge in [-0.15, -0.1) is 11.6 Å². The van der Waals surface area contributed by atoms with Crippen LogP contribution in [-0.2, 0) is 0 Å². The SMILES string of the molecule is CCCC(F)[C@H](Cl)NNC. The van der Waals surface area contributed by atoms with Gasteiger partial charge in [0, 0.05) is 0 Å². The van der Waals surface area contributed by atoms with Gasteiger partial charge >= 0.3 is 0 Å². The summed E-state index contributed by atoms with van der Waals surface area (Å²) in [6.45, 7) is 1.93. The van der Waals surface area contributed by atoms with Crippen LogP contribution in [0.4, 0.5) is 4.39 Å². The van der Waals surface area contributed by atoms with Gasteiger partial charge in [0.25, 0.3) is 0 Å². The molecule has 0 bridgehead atoms. The van der Waals surface area contributed by atoms with Crippen LogP contribution >= 0.6 is 11.6 Å². The molecule has 0 amide bonds. The van der Waals surface area contributed by atoms with E-state index in [1.165, 1.54) is 0 Å². The van der Waals surface area contributed by atoms with Gasteiger partial charge in [-0.1, -0.05) is 13.3 Å². The summed E-state index contributed by atoms with van der Waals surface area (Å²) in [4.78, 5) is 0. The second-order valence-electron chi connectivity index (χ2n) is 2.10. The first kappa shape index (κ1) is 10.1. The molecule has 0 saturated carbocycles. The number of rotatable bonds is 5. The maximum Gasteiger partial charge on any atom is 0.130 e. The normalized spacial score (nSPS) is 16.8. The molecule has 2 atom stereocenters. The second-order valence-corrected chi connectivity index (χ2v) is 2.57.